The van der Waals surface area contributed by atoms with Crippen molar-refractivity contribution in [3.05, 3.63) is 12.2 Å². The maximum Gasteiger partial charge on any atom is 0.307 e. The van der Waals surface area contributed by atoms with Crippen molar-refractivity contribution in [2.75, 3.05) is 0 Å². The summed E-state index contributed by atoms with van der Waals surface area (Å²) < 4.78 is 0. The molecule has 6 atom stereocenters. The Morgan fingerprint density at radius 3 is 2.43 bits per heavy atom. The van der Waals surface area contributed by atoms with Crippen LogP contribution in [0.1, 0.15) is 45.4 Å². The number of carbonyl (C=O) groups excluding carboxylic acids is 1. The van der Waals surface area contributed by atoms with Crippen molar-refractivity contribution >= 4 is 11.9 Å². The lowest BCUT2D eigenvalue weighted by Crippen LogP contribution is -2.46. The third-order valence-corrected chi connectivity index (χ3v) is 5.89. The molecule has 0 aliphatic heterocycles. The van der Waals surface area contributed by atoms with Gasteiger partial charge < -0.3 is 10.4 Å². The van der Waals surface area contributed by atoms with Crippen LogP contribution < -0.4 is 5.32 Å². The molecule has 2 fully saturated rings. The molecule has 0 aromatic carbocycles. The van der Waals surface area contributed by atoms with Crippen LogP contribution in [0.4, 0.5) is 0 Å². The summed E-state index contributed by atoms with van der Waals surface area (Å²) in [6, 6.07) is 0.174. The number of carboxylic acid groups (broad SMARTS) is 1. The van der Waals surface area contributed by atoms with Crippen LogP contribution in [-0.4, -0.2) is 23.0 Å². The van der Waals surface area contributed by atoms with Crippen LogP contribution in [0.5, 0.6) is 0 Å². The maximum atomic E-state index is 12.5. The fourth-order valence-electron chi connectivity index (χ4n) is 4.72. The van der Waals surface area contributed by atoms with Crippen molar-refractivity contribution in [1.82, 2.24) is 5.32 Å². The molecule has 0 saturated heterocycles. The Balaban J connectivity index is 1.60. The second kappa shape index (κ2) is 5.82. The highest BCUT2D eigenvalue weighted by Gasteiger charge is 2.43. The van der Waals surface area contributed by atoms with Crippen LogP contribution >= 0.6 is 0 Å². The van der Waals surface area contributed by atoms with E-state index >= 15 is 0 Å². The summed E-state index contributed by atoms with van der Waals surface area (Å²) in [6.45, 7) is 2.09. The molecule has 4 nitrogen and oxygen atoms in total. The van der Waals surface area contributed by atoms with Gasteiger partial charge in [-0.1, -0.05) is 18.6 Å². The van der Waals surface area contributed by atoms with Crippen LogP contribution in [0.2, 0.25) is 0 Å². The van der Waals surface area contributed by atoms with Crippen molar-refractivity contribution < 1.29 is 14.7 Å². The first-order valence-electron chi connectivity index (χ1n) is 8.24. The predicted octanol–water partition coefficient (Wildman–Crippen LogP) is 2.59. The molecule has 3 aliphatic rings. The molecule has 2 saturated carbocycles. The summed E-state index contributed by atoms with van der Waals surface area (Å²) in [6.07, 6.45) is 10.1. The first-order chi connectivity index (χ1) is 10.1. The number of allylic oxidation sites excluding steroid dienone is 2. The van der Waals surface area contributed by atoms with Crippen molar-refractivity contribution in [2.24, 2.45) is 29.6 Å². The lowest BCUT2D eigenvalue weighted by atomic mass is 9.81. The summed E-state index contributed by atoms with van der Waals surface area (Å²) in [5.74, 6) is 0.329. The highest BCUT2D eigenvalue weighted by atomic mass is 16.4. The smallest absolute Gasteiger partial charge is 0.307 e. The molecule has 4 heteroatoms. The minimum Gasteiger partial charge on any atom is -0.481 e. The Hall–Kier alpha value is -1.32. The van der Waals surface area contributed by atoms with Gasteiger partial charge in [0, 0.05) is 6.04 Å². The topological polar surface area (TPSA) is 66.4 Å². The van der Waals surface area contributed by atoms with Crippen LogP contribution in [0.3, 0.4) is 0 Å². The van der Waals surface area contributed by atoms with Gasteiger partial charge in [0.05, 0.1) is 11.8 Å². The monoisotopic (exact) mass is 291 g/mol. The predicted molar refractivity (Wildman–Crippen MR) is 79.5 cm³/mol. The van der Waals surface area contributed by atoms with Gasteiger partial charge in [0.2, 0.25) is 5.91 Å². The van der Waals surface area contributed by atoms with E-state index in [1.807, 2.05) is 12.2 Å². The van der Waals surface area contributed by atoms with E-state index < -0.39 is 17.8 Å². The van der Waals surface area contributed by atoms with Gasteiger partial charge in [0.25, 0.3) is 0 Å². The number of rotatable bonds is 4. The number of fused-ring (bicyclic) bond motifs is 2. The summed E-state index contributed by atoms with van der Waals surface area (Å²) >= 11 is 0. The molecule has 0 aromatic heterocycles. The first kappa shape index (κ1) is 14.6. The van der Waals surface area contributed by atoms with Crippen LogP contribution in [0, 0.1) is 29.6 Å². The molecule has 3 aliphatic carbocycles. The van der Waals surface area contributed by atoms with Crippen molar-refractivity contribution in [3.8, 4) is 0 Å². The van der Waals surface area contributed by atoms with E-state index in [4.69, 9.17) is 0 Å². The zero-order chi connectivity index (χ0) is 15.0. The molecule has 21 heavy (non-hydrogen) atoms. The van der Waals surface area contributed by atoms with Crippen LogP contribution in [0.15, 0.2) is 12.2 Å². The third-order valence-electron chi connectivity index (χ3n) is 5.89. The molecule has 2 bridgehead atoms. The van der Waals surface area contributed by atoms with Crippen LogP contribution in [-0.2, 0) is 9.59 Å². The number of carbonyl (C=O) groups is 2. The standard InChI is InChI=1S/C17H25NO3/c1-10(15-9-11-6-7-12(15)8-11)18-16(19)13-4-2-3-5-14(13)17(20)21/h2-3,10-15H,4-9H2,1H3,(H,18,19)(H,20,21)/t10-,11-,12-,13+,14-,15+/m0/s1. The van der Waals surface area contributed by atoms with Gasteiger partial charge in [0.15, 0.2) is 0 Å². The normalized spacial score (nSPS) is 39.2. The van der Waals surface area contributed by atoms with E-state index in [0.717, 1.165) is 11.8 Å². The lowest BCUT2D eigenvalue weighted by Gasteiger charge is -2.31. The van der Waals surface area contributed by atoms with E-state index in [1.165, 1.54) is 25.7 Å². The molecule has 0 heterocycles. The Labute approximate surface area is 126 Å². The Bertz CT molecular complexity index is 459. The largest absolute Gasteiger partial charge is 0.481 e. The van der Waals surface area contributed by atoms with E-state index in [0.29, 0.717) is 18.8 Å². The highest BCUT2D eigenvalue weighted by molar-refractivity contribution is 5.85. The van der Waals surface area contributed by atoms with E-state index in [9.17, 15) is 14.7 Å². The fourth-order valence-corrected chi connectivity index (χ4v) is 4.72. The summed E-state index contributed by atoms with van der Waals surface area (Å²) in [7, 11) is 0. The van der Waals surface area contributed by atoms with Crippen LogP contribution in [0.25, 0.3) is 0 Å². The number of carboxylic acids is 1. The highest BCUT2D eigenvalue weighted by Crippen LogP contribution is 2.49. The molecular weight excluding hydrogens is 266 g/mol. The van der Waals surface area contributed by atoms with Gasteiger partial charge in [-0.15, -0.1) is 0 Å². The minimum atomic E-state index is -0.855. The Morgan fingerprint density at radius 2 is 1.86 bits per heavy atom. The van der Waals surface area contributed by atoms with Gasteiger partial charge in [-0.2, -0.15) is 0 Å². The number of amides is 1. The van der Waals surface area contributed by atoms with E-state index in [2.05, 4.69) is 12.2 Å². The molecule has 1 amide bonds. The zero-order valence-corrected chi connectivity index (χ0v) is 12.6. The molecule has 0 aromatic rings. The number of hydrogen-bond acceptors (Lipinski definition) is 2. The second-order valence-electron chi connectivity index (χ2n) is 7.13. The van der Waals surface area contributed by atoms with Crippen molar-refractivity contribution in [2.45, 2.75) is 51.5 Å². The molecule has 0 radical (unpaired) electrons. The van der Waals surface area contributed by atoms with Gasteiger partial charge in [-0.25, -0.2) is 0 Å². The quantitative estimate of drug-likeness (QED) is 0.782. The summed E-state index contributed by atoms with van der Waals surface area (Å²) in [4.78, 5) is 23.8. The first-order valence-corrected chi connectivity index (χ1v) is 8.24. The molecule has 3 rings (SSSR count). The lowest BCUT2D eigenvalue weighted by molar-refractivity contribution is -0.147. The van der Waals surface area contributed by atoms with Crippen molar-refractivity contribution in [3.63, 3.8) is 0 Å². The minimum absolute atomic E-state index is 0.0676. The molecule has 116 valence electrons. The fraction of sp³-hybridized carbons (Fsp3) is 0.765. The number of nitrogens with one attached hydrogen (secondary N) is 1. The number of hydrogen-bond donors (Lipinski definition) is 2. The van der Waals surface area contributed by atoms with Gasteiger partial charge in [-0.05, 0) is 56.8 Å². The average molecular weight is 291 g/mol. The van der Waals surface area contributed by atoms with E-state index in [-0.39, 0.29) is 11.9 Å². The summed E-state index contributed by atoms with van der Waals surface area (Å²) in [5, 5.41) is 12.4. The van der Waals surface area contributed by atoms with E-state index in [1.54, 1.807) is 0 Å². The molecular formula is C17H25NO3. The third kappa shape index (κ3) is 2.85. The SMILES string of the molecule is C[C@H](NC(=O)[C@@H]1CC=CC[C@@H]1C(=O)O)[C@H]1C[C@H]2CC[C@H]1C2. The second-order valence-corrected chi connectivity index (χ2v) is 7.13. The maximum absolute atomic E-state index is 12.5. The van der Waals surface area contributed by atoms with Gasteiger partial charge >= 0.3 is 5.97 Å². The van der Waals surface area contributed by atoms with Gasteiger partial charge in [0.1, 0.15) is 0 Å². The zero-order valence-electron chi connectivity index (χ0n) is 12.6. The molecule has 0 spiro atoms. The van der Waals surface area contributed by atoms with Gasteiger partial charge in [-0.3, -0.25) is 9.59 Å². The van der Waals surface area contributed by atoms with Crippen molar-refractivity contribution in [1.29, 1.82) is 0 Å². The summed E-state index contributed by atoms with van der Waals surface area (Å²) in [5.41, 5.74) is 0. The number of aliphatic carboxylic acids is 1. The molecule has 2 N–H and O–H groups in total. The molecule has 0 unspecified atom stereocenters. The average Bonchev–Trinajstić information content (AvgIpc) is 3.09. The Kier molecular flexibility index (Phi) is 4.05. The Morgan fingerprint density at radius 1 is 1.14 bits per heavy atom.